The SMILES string of the molecule is CCN(CC)CCCN1C(=O)c2oc3ccc(Br)cc3c(=O)c2[C@H]1c1ccc(F)cc1. The second kappa shape index (κ2) is 8.93. The molecule has 0 fully saturated rings. The molecule has 1 aliphatic heterocycles. The molecular weight excluding hydrogens is 463 g/mol. The average molecular weight is 487 g/mol. The smallest absolute Gasteiger partial charge is 0.290 e. The van der Waals surface area contributed by atoms with Crippen LogP contribution < -0.4 is 5.43 Å². The van der Waals surface area contributed by atoms with Gasteiger partial charge in [-0.15, -0.1) is 0 Å². The van der Waals surface area contributed by atoms with Crippen LogP contribution in [0, 0.1) is 5.82 Å². The van der Waals surface area contributed by atoms with Crippen LogP contribution in [0.2, 0.25) is 0 Å². The van der Waals surface area contributed by atoms with E-state index in [1.54, 1.807) is 35.2 Å². The van der Waals surface area contributed by atoms with Crippen LogP contribution in [0.1, 0.15) is 48.0 Å². The van der Waals surface area contributed by atoms with Crippen molar-refractivity contribution in [2.75, 3.05) is 26.2 Å². The van der Waals surface area contributed by atoms with Gasteiger partial charge in [0.1, 0.15) is 11.4 Å². The standard InChI is InChI=1S/C24H24BrFN2O3/c1-3-27(4-2)12-5-13-28-21(15-6-9-17(26)10-7-15)20-22(29)18-14-16(25)8-11-19(18)31-23(20)24(28)30/h6-11,14,21H,3-5,12-13H2,1-2H3/t21-/m1/s1. The first-order valence-corrected chi connectivity index (χ1v) is 11.3. The molecule has 0 N–H and O–H groups in total. The average Bonchev–Trinajstić information content (AvgIpc) is 3.04. The zero-order chi connectivity index (χ0) is 22.1. The number of rotatable bonds is 7. The number of fused-ring (bicyclic) bond motifs is 2. The zero-order valence-corrected chi connectivity index (χ0v) is 19.1. The lowest BCUT2D eigenvalue weighted by Gasteiger charge is -2.26. The Balaban J connectivity index is 1.80. The van der Waals surface area contributed by atoms with Crippen molar-refractivity contribution >= 4 is 32.8 Å². The minimum Gasteiger partial charge on any atom is -0.450 e. The third-order valence-electron chi connectivity index (χ3n) is 5.88. The maximum Gasteiger partial charge on any atom is 0.290 e. The molecule has 1 aromatic heterocycles. The number of hydrogen-bond acceptors (Lipinski definition) is 4. The summed E-state index contributed by atoms with van der Waals surface area (Å²) in [7, 11) is 0. The molecule has 0 aliphatic carbocycles. The topological polar surface area (TPSA) is 53.8 Å². The summed E-state index contributed by atoms with van der Waals surface area (Å²) in [5, 5.41) is 0.415. The fourth-order valence-corrected chi connectivity index (χ4v) is 4.58. The molecular formula is C24H24BrFN2O3. The lowest BCUT2D eigenvalue weighted by molar-refractivity contribution is 0.0720. The van der Waals surface area contributed by atoms with Crippen molar-refractivity contribution in [3.05, 3.63) is 79.9 Å². The molecule has 0 radical (unpaired) electrons. The maximum atomic E-state index is 13.6. The summed E-state index contributed by atoms with van der Waals surface area (Å²) in [6.45, 7) is 7.40. The van der Waals surface area contributed by atoms with Gasteiger partial charge in [0.25, 0.3) is 5.91 Å². The van der Waals surface area contributed by atoms with Gasteiger partial charge in [0.05, 0.1) is 17.0 Å². The molecule has 0 saturated heterocycles. The monoisotopic (exact) mass is 486 g/mol. The minimum absolute atomic E-state index is 0.0805. The summed E-state index contributed by atoms with van der Waals surface area (Å²) in [5.41, 5.74) is 1.16. The minimum atomic E-state index is -0.598. The summed E-state index contributed by atoms with van der Waals surface area (Å²) in [5.74, 6) is -0.585. The van der Waals surface area contributed by atoms with Crippen molar-refractivity contribution in [3.63, 3.8) is 0 Å². The third-order valence-corrected chi connectivity index (χ3v) is 6.37. The molecule has 0 bridgehead atoms. The Hall–Kier alpha value is -2.51. The predicted octanol–water partition coefficient (Wildman–Crippen LogP) is 4.97. The summed E-state index contributed by atoms with van der Waals surface area (Å²) in [4.78, 5) is 30.7. The van der Waals surface area contributed by atoms with E-state index >= 15 is 0 Å². The molecule has 2 aromatic carbocycles. The first kappa shape index (κ1) is 21.7. The van der Waals surface area contributed by atoms with Crippen LogP contribution in [-0.2, 0) is 0 Å². The van der Waals surface area contributed by atoms with Gasteiger partial charge < -0.3 is 14.2 Å². The number of halogens is 2. The van der Waals surface area contributed by atoms with Crippen LogP contribution >= 0.6 is 15.9 Å². The van der Waals surface area contributed by atoms with Gasteiger partial charge in [0.15, 0.2) is 5.43 Å². The first-order chi connectivity index (χ1) is 14.9. The fraction of sp³-hybridized carbons (Fsp3) is 0.333. The summed E-state index contributed by atoms with van der Waals surface area (Å²) >= 11 is 3.40. The van der Waals surface area contributed by atoms with E-state index in [2.05, 4.69) is 34.7 Å². The number of carbonyl (C=O) groups is 1. The molecule has 1 amide bonds. The van der Waals surface area contributed by atoms with Gasteiger partial charge in [-0.3, -0.25) is 9.59 Å². The normalized spacial score (nSPS) is 15.8. The molecule has 0 unspecified atom stereocenters. The molecule has 5 nitrogen and oxygen atoms in total. The molecule has 0 saturated carbocycles. The number of hydrogen-bond donors (Lipinski definition) is 0. The summed E-state index contributed by atoms with van der Waals surface area (Å²) < 4.78 is 20.3. The Bertz CT molecular complexity index is 1170. The molecule has 2 heterocycles. The van der Waals surface area contributed by atoms with Crippen LogP contribution in [0.3, 0.4) is 0 Å². The van der Waals surface area contributed by atoms with Crippen LogP contribution in [0.4, 0.5) is 4.39 Å². The summed E-state index contributed by atoms with van der Waals surface area (Å²) in [6, 6.07) is 10.5. The van der Waals surface area contributed by atoms with Crippen LogP contribution in [0.15, 0.2) is 56.1 Å². The first-order valence-electron chi connectivity index (χ1n) is 10.5. The number of amides is 1. The largest absolute Gasteiger partial charge is 0.450 e. The van der Waals surface area contributed by atoms with Crippen molar-refractivity contribution in [2.24, 2.45) is 0 Å². The predicted molar refractivity (Wildman–Crippen MR) is 122 cm³/mol. The molecule has 1 aliphatic rings. The third kappa shape index (κ3) is 4.04. The van der Waals surface area contributed by atoms with E-state index in [0.29, 0.717) is 28.6 Å². The van der Waals surface area contributed by atoms with Crippen LogP contribution in [0.25, 0.3) is 11.0 Å². The van der Waals surface area contributed by atoms with Crippen molar-refractivity contribution < 1.29 is 13.6 Å². The zero-order valence-electron chi connectivity index (χ0n) is 17.5. The van der Waals surface area contributed by atoms with Crippen molar-refractivity contribution in [3.8, 4) is 0 Å². The van der Waals surface area contributed by atoms with Gasteiger partial charge in [-0.2, -0.15) is 0 Å². The lowest BCUT2D eigenvalue weighted by atomic mass is 9.98. The fourth-order valence-electron chi connectivity index (χ4n) is 4.22. The highest BCUT2D eigenvalue weighted by Crippen LogP contribution is 2.38. The van der Waals surface area contributed by atoms with E-state index in [0.717, 1.165) is 30.5 Å². The lowest BCUT2D eigenvalue weighted by Crippen LogP contribution is -2.33. The molecule has 1 atom stereocenters. The molecule has 162 valence electrons. The van der Waals surface area contributed by atoms with Crippen molar-refractivity contribution in [1.82, 2.24) is 9.80 Å². The Morgan fingerprint density at radius 1 is 1.10 bits per heavy atom. The Morgan fingerprint density at radius 2 is 1.81 bits per heavy atom. The number of carbonyl (C=O) groups excluding carboxylic acids is 1. The van der Waals surface area contributed by atoms with Gasteiger partial charge in [-0.1, -0.05) is 41.9 Å². The quantitative estimate of drug-likeness (QED) is 0.472. The van der Waals surface area contributed by atoms with Crippen LogP contribution in [-0.4, -0.2) is 41.9 Å². The van der Waals surface area contributed by atoms with Gasteiger partial charge in [0.2, 0.25) is 5.76 Å². The van der Waals surface area contributed by atoms with Crippen molar-refractivity contribution in [1.29, 1.82) is 0 Å². The van der Waals surface area contributed by atoms with Gasteiger partial charge in [-0.05, 0) is 62.0 Å². The van der Waals surface area contributed by atoms with E-state index in [9.17, 15) is 14.0 Å². The van der Waals surface area contributed by atoms with E-state index in [1.165, 1.54) is 12.1 Å². The highest BCUT2D eigenvalue weighted by atomic mass is 79.9. The Kier molecular flexibility index (Phi) is 6.25. The second-order valence-corrected chi connectivity index (χ2v) is 8.56. The Labute approximate surface area is 188 Å². The van der Waals surface area contributed by atoms with Crippen molar-refractivity contribution in [2.45, 2.75) is 26.3 Å². The highest BCUT2D eigenvalue weighted by Gasteiger charge is 2.42. The molecule has 3 aromatic rings. The van der Waals surface area contributed by atoms with E-state index in [-0.39, 0.29) is 22.9 Å². The Morgan fingerprint density at radius 3 is 2.48 bits per heavy atom. The highest BCUT2D eigenvalue weighted by molar-refractivity contribution is 9.10. The summed E-state index contributed by atoms with van der Waals surface area (Å²) in [6.07, 6.45) is 0.762. The number of nitrogens with zero attached hydrogens (tertiary/aromatic N) is 2. The maximum absolute atomic E-state index is 13.6. The molecule has 31 heavy (non-hydrogen) atoms. The van der Waals surface area contributed by atoms with E-state index in [1.807, 2.05) is 0 Å². The van der Waals surface area contributed by atoms with Crippen LogP contribution in [0.5, 0.6) is 0 Å². The second-order valence-electron chi connectivity index (χ2n) is 7.65. The van der Waals surface area contributed by atoms with Gasteiger partial charge >= 0.3 is 0 Å². The molecule has 7 heteroatoms. The van der Waals surface area contributed by atoms with E-state index < -0.39 is 6.04 Å². The van der Waals surface area contributed by atoms with E-state index in [4.69, 9.17) is 4.42 Å². The molecule has 4 rings (SSSR count). The number of benzene rings is 2. The van der Waals surface area contributed by atoms with Gasteiger partial charge in [0, 0.05) is 11.0 Å². The molecule has 0 spiro atoms. The van der Waals surface area contributed by atoms with Gasteiger partial charge in [-0.25, -0.2) is 4.39 Å².